The summed E-state index contributed by atoms with van der Waals surface area (Å²) in [6.45, 7) is 14.6. The average molecular weight is 556 g/mol. The summed E-state index contributed by atoms with van der Waals surface area (Å²) in [5.41, 5.74) is 5.69. The second-order valence-corrected chi connectivity index (χ2v) is 13.4. The van der Waals surface area contributed by atoms with Gasteiger partial charge in [0.1, 0.15) is 0 Å². The van der Waals surface area contributed by atoms with Gasteiger partial charge in [0, 0.05) is 47.8 Å². The highest BCUT2D eigenvalue weighted by molar-refractivity contribution is 6.06. The third kappa shape index (κ3) is 6.00. The minimum Gasteiger partial charge on any atom is -0.490 e. The van der Waals surface area contributed by atoms with E-state index >= 15 is 0 Å². The van der Waals surface area contributed by atoms with Gasteiger partial charge in [0.2, 0.25) is 0 Å². The maximum Gasteiger partial charge on any atom is 0.162 e. The standard InChI is InChI=1S/C36H45NO4/c1-7-18-41-30-15-14-25(19-31(30)40-8-2)32-33-26(20-35(3,4)22-28(33)38)37(17-16-24-12-10-9-11-13-24)27-21-36(5,6)23-29(39)34(27)32/h9-15,19,32H,7-8,16-18,20-23H2,1-6H3. The maximum absolute atomic E-state index is 14.1. The van der Waals surface area contributed by atoms with Gasteiger partial charge in [0.25, 0.3) is 0 Å². The van der Waals surface area contributed by atoms with Crippen molar-refractivity contribution < 1.29 is 19.1 Å². The Morgan fingerprint density at radius 2 is 1.39 bits per heavy atom. The van der Waals surface area contributed by atoms with Crippen molar-refractivity contribution in [1.82, 2.24) is 4.90 Å². The van der Waals surface area contributed by atoms with Crippen LogP contribution in [0.4, 0.5) is 0 Å². The van der Waals surface area contributed by atoms with Gasteiger partial charge in [-0.05, 0) is 66.7 Å². The smallest absolute Gasteiger partial charge is 0.162 e. The highest BCUT2D eigenvalue weighted by atomic mass is 16.5. The molecule has 2 aromatic rings. The van der Waals surface area contributed by atoms with Crippen LogP contribution in [0.3, 0.4) is 0 Å². The van der Waals surface area contributed by atoms with Gasteiger partial charge in [-0.15, -0.1) is 0 Å². The summed E-state index contributed by atoms with van der Waals surface area (Å²) < 4.78 is 12.0. The molecule has 0 N–H and O–H groups in total. The molecule has 0 bridgehead atoms. The fourth-order valence-electron chi connectivity index (χ4n) is 6.84. The number of Topliss-reactive ketones (excluding diaryl/α,β-unsaturated/α-hetero) is 2. The zero-order chi connectivity index (χ0) is 29.4. The molecule has 2 aliphatic carbocycles. The van der Waals surface area contributed by atoms with Gasteiger partial charge in [-0.25, -0.2) is 0 Å². The van der Waals surface area contributed by atoms with Crippen LogP contribution in [-0.2, 0) is 16.0 Å². The van der Waals surface area contributed by atoms with E-state index < -0.39 is 0 Å². The third-order valence-electron chi connectivity index (χ3n) is 8.55. The molecule has 5 rings (SSSR count). The number of ether oxygens (including phenoxy) is 2. The van der Waals surface area contributed by atoms with Crippen molar-refractivity contribution >= 4 is 11.6 Å². The van der Waals surface area contributed by atoms with Crippen LogP contribution in [0.2, 0.25) is 0 Å². The monoisotopic (exact) mass is 555 g/mol. The molecular weight excluding hydrogens is 510 g/mol. The van der Waals surface area contributed by atoms with Crippen LogP contribution in [0.25, 0.3) is 0 Å². The van der Waals surface area contributed by atoms with Crippen LogP contribution >= 0.6 is 0 Å². The Balaban J connectivity index is 1.68. The molecule has 0 aromatic heterocycles. The normalized spacial score (nSPS) is 20.2. The molecule has 1 heterocycles. The number of hydrogen-bond donors (Lipinski definition) is 0. The third-order valence-corrected chi connectivity index (χ3v) is 8.55. The molecule has 0 saturated carbocycles. The van der Waals surface area contributed by atoms with Crippen LogP contribution in [0.1, 0.15) is 90.7 Å². The van der Waals surface area contributed by atoms with Crippen LogP contribution < -0.4 is 9.47 Å². The molecular formula is C36H45NO4. The fourth-order valence-corrected chi connectivity index (χ4v) is 6.84. The second-order valence-electron chi connectivity index (χ2n) is 13.4. The van der Waals surface area contributed by atoms with E-state index in [-0.39, 0.29) is 28.3 Å². The minimum absolute atomic E-state index is 0.147. The van der Waals surface area contributed by atoms with Crippen molar-refractivity contribution in [2.24, 2.45) is 10.8 Å². The Hall–Kier alpha value is -3.34. The molecule has 0 radical (unpaired) electrons. The van der Waals surface area contributed by atoms with E-state index in [9.17, 15) is 9.59 Å². The first kappa shape index (κ1) is 29.2. The Morgan fingerprint density at radius 1 is 0.780 bits per heavy atom. The number of benzene rings is 2. The van der Waals surface area contributed by atoms with E-state index in [0.717, 1.165) is 60.3 Å². The topological polar surface area (TPSA) is 55.8 Å². The molecule has 0 atom stereocenters. The van der Waals surface area contributed by atoms with E-state index in [0.29, 0.717) is 37.6 Å². The minimum atomic E-state index is -0.389. The Bertz CT molecular complexity index is 1330. The van der Waals surface area contributed by atoms with Crippen LogP contribution in [0, 0.1) is 10.8 Å². The van der Waals surface area contributed by atoms with Crippen molar-refractivity contribution in [2.45, 2.75) is 86.0 Å². The number of hydrogen-bond acceptors (Lipinski definition) is 5. The lowest BCUT2D eigenvalue weighted by Crippen LogP contribution is -2.45. The molecule has 5 nitrogen and oxygen atoms in total. The largest absolute Gasteiger partial charge is 0.490 e. The summed E-state index contributed by atoms with van der Waals surface area (Å²) in [5, 5.41) is 0. The van der Waals surface area contributed by atoms with Crippen LogP contribution in [0.5, 0.6) is 11.5 Å². The van der Waals surface area contributed by atoms with E-state index in [2.05, 4.69) is 63.8 Å². The average Bonchev–Trinajstić information content (AvgIpc) is 2.90. The van der Waals surface area contributed by atoms with Crippen LogP contribution in [-0.4, -0.2) is 36.2 Å². The SMILES string of the molecule is CCCOc1ccc(C2C3=C(CC(C)(C)CC3=O)N(CCc3ccccc3)C3=C2C(=O)CC(C)(C)C3)cc1OCC. The highest BCUT2D eigenvalue weighted by Gasteiger charge is 2.49. The summed E-state index contributed by atoms with van der Waals surface area (Å²) >= 11 is 0. The molecule has 0 fully saturated rings. The van der Waals surface area contributed by atoms with E-state index in [4.69, 9.17) is 9.47 Å². The van der Waals surface area contributed by atoms with Gasteiger partial charge in [0.05, 0.1) is 13.2 Å². The predicted molar refractivity (Wildman–Crippen MR) is 163 cm³/mol. The van der Waals surface area contributed by atoms with E-state index in [1.54, 1.807) is 0 Å². The number of rotatable bonds is 9. The Morgan fingerprint density at radius 3 is 1.95 bits per heavy atom. The lowest BCUT2D eigenvalue weighted by molar-refractivity contribution is -0.119. The molecule has 2 aromatic carbocycles. The van der Waals surface area contributed by atoms with Gasteiger partial charge in [0.15, 0.2) is 23.1 Å². The van der Waals surface area contributed by atoms with Crippen molar-refractivity contribution in [3.8, 4) is 11.5 Å². The Labute approximate surface area is 245 Å². The second kappa shape index (κ2) is 11.5. The summed E-state index contributed by atoms with van der Waals surface area (Å²) in [6.07, 6.45) is 4.32. The zero-order valence-electron chi connectivity index (χ0n) is 25.6. The van der Waals surface area contributed by atoms with Crippen molar-refractivity contribution in [3.05, 3.63) is 82.2 Å². The number of allylic oxidation sites excluding steroid dienone is 4. The first-order chi connectivity index (χ1) is 19.5. The number of carbonyl (C=O) groups excluding carboxylic acids is 2. The predicted octanol–water partition coefficient (Wildman–Crippen LogP) is 7.80. The first-order valence-electron chi connectivity index (χ1n) is 15.3. The van der Waals surface area contributed by atoms with Gasteiger partial charge in [-0.2, -0.15) is 0 Å². The number of ketones is 2. The summed E-state index contributed by atoms with van der Waals surface area (Å²) in [4.78, 5) is 30.6. The quantitative estimate of drug-likeness (QED) is 0.316. The molecule has 5 heteroatoms. The van der Waals surface area contributed by atoms with Gasteiger partial charge < -0.3 is 14.4 Å². The summed E-state index contributed by atoms with van der Waals surface area (Å²) in [6, 6.07) is 16.5. The molecule has 3 aliphatic rings. The van der Waals surface area contributed by atoms with Gasteiger partial charge in [-0.1, -0.05) is 71.0 Å². The van der Waals surface area contributed by atoms with Crippen molar-refractivity contribution in [1.29, 1.82) is 0 Å². The van der Waals surface area contributed by atoms with Crippen LogP contribution in [0.15, 0.2) is 71.1 Å². The fraction of sp³-hybridized carbons (Fsp3) is 0.500. The number of carbonyl (C=O) groups is 2. The summed E-state index contributed by atoms with van der Waals surface area (Å²) in [7, 11) is 0. The van der Waals surface area contributed by atoms with Gasteiger partial charge >= 0.3 is 0 Å². The lowest BCUT2D eigenvalue weighted by Gasteiger charge is -2.49. The lowest BCUT2D eigenvalue weighted by atomic mass is 9.63. The van der Waals surface area contributed by atoms with Gasteiger partial charge in [-0.3, -0.25) is 9.59 Å². The first-order valence-corrected chi connectivity index (χ1v) is 15.3. The number of nitrogens with zero attached hydrogens (tertiary/aromatic N) is 1. The molecule has 41 heavy (non-hydrogen) atoms. The molecule has 0 amide bonds. The molecule has 0 saturated heterocycles. The molecule has 0 unspecified atom stereocenters. The molecule has 1 aliphatic heterocycles. The summed E-state index contributed by atoms with van der Waals surface area (Å²) in [5.74, 6) is 1.29. The molecule has 218 valence electrons. The highest BCUT2D eigenvalue weighted by Crippen LogP contribution is 2.55. The van der Waals surface area contributed by atoms with E-state index in [1.807, 2.05) is 31.2 Å². The van der Waals surface area contributed by atoms with Crippen molar-refractivity contribution in [2.75, 3.05) is 19.8 Å². The van der Waals surface area contributed by atoms with Crippen molar-refractivity contribution in [3.63, 3.8) is 0 Å². The Kier molecular flexibility index (Phi) is 8.18. The molecule has 0 spiro atoms. The maximum atomic E-state index is 14.1. The zero-order valence-corrected chi connectivity index (χ0v) is 25.6. The van der Waals surface area contributed by atoms with E-state index in [1.165, 1.54) is 5.56 Å².